The van der Waals surface area contributed by atoms with Gasteiger partial charge in [0, 0.05) is 17.1 Å². The molecule has 112 valence electrons. The summed E-state index contributed by atoms with van der Waals surface area (Å²) < 4.78 is 5.53. The van der Waals surface area contributed by atoms with Crippen LogP contribution in [0.4, 0.5) is 0 Å². The van der Waals surface area contributed by atoms with Gasteiger partial charge in [0.15, 0.2) is 0 Å². The first-order valence-corrected chi connectivity index (χ1v) is 7.28. The van der Waals surface area contributed by atoms with Crippen LogP contribution in [0, 0.1) is 13.8 Å². The lowest BCUT2D eigenvalue weighted by molar-refractivity contribution is 0.0936. The number of aryl methyl sites for hydroxylation is 2. The quantitative estimate of drug-likeness (QED) is 0.796. The van der Waals surface area contributed by atoms with E-state index in [1.165, 1.54) is 0 Å². The molecule has 0 aliphatic heterocycles. The number of benzene rings is 1. The molecule has 0 fully saturated rings. The Balaban J connectivity index is 1.89. The molecule has 0 saturated heterocycles. The van der Waals surface area contributed by atoms with Gasteiger partial charge in [-0.25, -0.2) is 0 Å². The van der Waals surface area contributed by atoms with Crippen LogP contribution in [-0.4, -0.2) is 10.9 Å². The fourth-order valence-corrected chi connectivity index (χ4v) is 2.72. The molecule has 0 radical (unpaired) electrons. The van der Waals surface area contributed by atoms with E-state index >= 15 is 0 Å². The second-order valence-corrected chi connectivity index (χ2v) is 5.44. The summed E-state index contributed by atoms with van der Waals surface area (Å²) in [6.45, 7) is 5.75. The number of hydrogen-bond donors (Lipinski definition) is 1. The molecule has 1 N–H and O–H groups in total. The number of nitrogens with zero attached hydrogens (tertiary/aromatic N) is 1. The molecule has 0 aliphatic carbocycles. The maximum atomic E-state index is 12.6. The van der Waals surface area contributed by atoms with Gasteiger partial charge < -0.3 is 9.73 Å². The largest absolute Gasteiger partial charge is 0.466 e. The molecule has 1 aromatic carbocycles. The number of fused-ring (bicyclic) bond motifs is 1. The highest BCUT2D eigenvalue weighted by molar-refractivity contribution is 6.05. The number of aromatic nitrogens is 1. The van der Waals surface area contributed by atoms with Crippen molar-refractivity contribution in [1.29, 1.82) is 0 Å². The van der Waals surface area contributed by atoms with Gasteiger partial charge in [-0.05, 0) is 38.3 Å². The van der Waals surface area contributed by atoms with E-state index in [4.69, 9.17) is 4.42 Å². The number of pyridine rings is 1. The average Bonchev–Trinajstić information content (AvgIpc) is 2.85. The van der Waals surface area contributed by atoms with E-state index < -0.39 is 0 Å². The minimum absolute atomic E-state index is 0.134. The zero-order valence-corrected chi connectivity index (χ0v) is 12.9. The second-order valence-electron chi connectivity index (χ2n) is 5.44. The van der Waals surface area contributed by atoms with Crippen molar-refractivity contribution in [3.63, 3.8) is 0 Å². The van der Waals surface area contributed by atoms with Gasteiger partial charge in [-0.1, -0.05) is 24.3 Å². The Morgan fingerprint density at radius 3 is 2.73 bits per heavy atom. The summed E-state index contributed by atoms with van der Waals surface area (Å²) in [4.78, 5) is 16.8. The first-order chi connectivity index (χ1) is 10.6. The van der Waals surface area contributed by atoms with Gasteiger partial charge in [-0.2, -0.15) is 0 Å². The van der Waals surface area contributed by atoms with E-state index in [1.54, 1.807) is 6.20 Å². The lowest BCUT2D eigenvalue weighted by atomic mass is 10.1. The molecule has 3 rings (SSSR count). The summed E-state index contributed by atoms with van der Waals surface area (Å²) in [5.74, 6) is 1.50. The molecule has 2 heterocycles. The second kappa shape index (κ2) is 5.64. The summed E-state index contributed by atoms with van der Waals surface area (Å²) in [6.07, 6.45) is 1.66. The number of hydrogen-bond acceptors (Lipinski definition) is 3. The van der Waals surface area contributed by atoms with Gasteiger partial charge in [-0.15, -0.1) is 0 Å². The molecule has 4 nitrogen and oxygen atoms in total. The van der Waals surface area contributed by atoms with Crippen LogP contribution in [-0.2, 0) is 0 Å². The fraction of sp³-hybridized carbons (Fsp3) is 0.222. The molecule has 1 amide bonds. The van der Waals surface area contributed by atoms with Crippen molar-refractivity contribution in [2.24, 2.45) is 0 Å². The molecule has 3 aromatic rings. The minimum Gasteiger partial charge on any atom is -0.466 e. The normalized spacial score (nSPS) is 12.3. The third-order valence-electron chi connectivity index (χ3n) is 3.78. The van der Waals surface area contributed by atoms with E-state index in [1.807, 2.05) is 57.2 Å². The predicted octanol–water partition coefficient (Wildman–Crippen LogP) is 3.94. The molecular weight excluding hydrogens is 276 g/mol. The summed E-state index contributed by atoms with van der Waals surface area (Å²) in [7, 11) is 0. The van der Waals surface area contributed by atoms with Crippen LogP contribution in [0.25, 0.3) is 10.8 Å². The van der Waals surface area contributed by atoms with Gasteiger partial charge >= 0.3 is 0 Å². The Kier molecular flexibility index (Phi) is 3.67. The van der Waals surface area contributed by atoms with Crippen molar-refractivity contribution < 1.29 is 9.21 Å². The molecule has 0 saturated carbocycles. The van der Waals surface area contributed by atoms with Crippen LogP contribution < -0.4 is 5.32 Å². The Bertz CT molecular complexity index is 831. The molecule has 0 bridgehead atoms. The monoisotopic (exact) mass is 294 g/mol. The summed E-state index contributed by atoms with van der Waals surface area (Å²) >= 11 is 0. The number of carbonyl (C=O) groups excluding carboxylic acids is 1. The Morgan fingerprint density at radius 2 is 2.00 bits per heavy atom. The number of furan rings is 1. The lowest BCUT2D eigenvalue weighted by Crippen LogP contribution is -2.27. The molecule has 1 atom stereocenters. The Hall–Kier alpha value is -2.62. The van der Waals surface area contributed by atoms with Gasteiger partial charge in [0.25, 0.3) is 5.91 Å². The zero-order chi connectivity index (χ0) is 15.7. The number of carbonyl (C=O) groups is 1. The SMILES string of the molecule is Cc1cc([C@H](C)NC(=O)c2nccc3ccccc23)c(C)o1. The molecule has 22 heavy (non-hydrogen) atoms. The van der Waals surface area contributed by atoms with Crippen molar-refractivity contribution in [3.05, 3.63) is 65.4 Å². The highest BCUT2D eigenvalue weighted by Crippen LogP contribution is 2.22. The summed E-state index contributed by atoms with van der Waals surface area (Å²) in [6, 6.07) is 11.5. The first-order valence-electron chi connectivity index (χ1n) is 7.28. The Labute approximate surface area is 129 Å². The van der Waals surface area contributed by atoms with Crippen LogP contribution in [0.15, 0.2) is 47.0 Å². The van der Waals surface area contributed by atoms with Crippen molar-refractivity contribution in [2.75, 3.05) is 0 Å². The minimum atomic E-state index is -0.178. The average molecular weight is 294 g/mol. The molecule has 4 heteroatoms. The zero-order valence-electron chi connectivity index (χ0n) is 12.9. The van der Waals surface area contributed by atoms with Crippen molar-refractivity contribution >= 4 is 16.7 Å². The number of amides is 1. The first kappa shape index (κ1) is 14.3. The van der Waals surface area contributed by atoms with Crippen LogP contribution in [0.1, 0.15) is 40.5 Å². The van der Waals surface area contributed by atoms with Gasteiger partial charge in [-0.3, -0.25) is 9.78 Å². The molecule has 0 aliphatic rings. The van der Waals surface area contributed by atoms with E-state index in [9.17, 15) is 4.79 Å². The van der Waals surface area contributed by atoms with Crippen LogP contribution in [0.2, 0.25) is 0 Å². The highest BCUT2D eigenvalue weighted by Gasteiger charge is 2.18. The standard InChI is InChI=1S/C18H18N2O2/c1-11-10-16(13(3)22-11)12(2)20-18(21)17-15-7-5-4-6-14(15)8-9-19-17/h4-10,12H,1-3H3,(H,20,21)/t12-/m0/s1. The van der Waals surface area contributed by atoms with Gasteiger partial charge in [0.1, 0.15) is 17.2 Å². The van der Waals surface area contributed by atoms with Crippen LogP contribution >= 0.6 is 0 Å². The summed E-state index contributed by atoms with van der Waals surface area (Å²) in [5, 5.41) is 4.86. The summed E-state index contributed by atoms with van der Waals surface area (Å²) in [5.41, 5.74) is 1.44. The van der Waals surface area contributed by atoms with Crippen LogP contribution in [0.3, 0.4) is 0 Å². The maximum absolute atomic E-state index is 12.6. The van der Waals surface area contributed by atoms with Gasteiger partial charge in [0.05, 0.1) is 6.04 Å². The van der Waals surface area contributed by atoms with Crippen molar-refractivity contribution in [1.82, 2.24) is 10.3 Å². The molecular formula is C18H18N2O2. The van der Waals surface area contributed by atoms with E-state index in [2.05, 4.69) is 10.3 Å². The molecule has 0 spiro atoms. The number of rotatable bonds is 3. The van der Waals surface area contributed by atoms with Crippen molar-refractivity contribution in [2.45, 2.75) is 26.8 Å². The smallest absolute Gasteiger partial charge is 0.270 e. The van der Waals surface area contributed by atoms with Crippen LogP contribution in [0.5, 0.6) is 0 Å². The molecule has 2 aromatic heterocycles. The van der Waals surface area contributed by atoms with E-state index in [0.717, 1.165) is 27.9 Å². The number of nitrogens with one attached hydrogen (secondary N) is 1. The maximum Gasteiger partial charge on any atom is 0.270 e. The van der Waals surface area contributed by atoms with E-state index in [0.29, 0.717) is 5.69 Å². The Morgan fingerprint density at radius 1 is 1.23 bits per heavy atom. The third-order valence-corrected chi connectivity index (χ3v) is 3.78. The predicted molar refractivity (Wildman–Crippen MR) is 85.8 cm³/mol. The highest BCUT2D eigenvalue weighted by atomic mass is 16.3. The lowest BCUT2D eigenvalue weighted by Gasteiger charge is -2.13. The topological polar surface area (TPSA) is 55.1 Å². The molecule has 0 unspecified atom stereocenters. The fourth-order valence-electron chi connectivity index (χ4n) is 2.72. The van der Waals surface area contributed by atoms with Gasteiger partial charge in [0.2, 0.25) is 0 Å². The van der Waals surface area contributed by atoms with E-state index in [-0.39, 0.29) is 11.9 Å². The van der Waals surface area contributed by atoms with Crippen molar-refractivity contribution in [3.8, 4) is 0 Å². The third kappa shape index (κ3) is 2.60.